The van der Waals surface area contributed by atoms with Gasteiger partial charge >= 0.3 is 0 Å². The van der Waals surface area contributed by atoms with Crippen molar-refractivity contribution in [2.24, 2.45) is 5.73 Å². The molecule has 0 heterocycles. The minimum absolute atomic E-state index is 0.349. The lowest BCUT2D eigenvalue weighted by molar-refractivity contribution is 0.951. The second-order valence-corrected chi connectivity index (χ2v) is 2.85. The van der Waals surface area contributed by atoms with Crippen molar-refractivity contribution in [3.05, 3.63) is 42.3 Å². The Hall–Kier alpha value is -0.820. The smallest absolute Gasteiger partial charge is 0.0178 e. The topological polar surface area (TPSA) is 26.0 Å². The molecule has 0 fully saturated rings. The van der Waals surface area contributed by atoms with E-state index in [0.29, 0.717) is 12.5 Å². The van der Waals surface area contributed by atoms with Crippen LogP contribution in [0.25, 0.3) is 0 Å². The molecule has 11 heavy (non-hydrogen) atoms. The Kier molecular flexibility index (Phi) is 2.66. The van der Waals surface area contributed by atoms with E-state index in [1.807, 2.05) is 12.1 Å². The van der Waals surface area contributed by atoms with Crippen LogP contribution in [0.1, 0.15) is 24.0 Å². The third-order valence-corrected chi connectivity index (χ3v) is 1.76. The third-order valence-electron chi connectivity index (χ3n) is 1.76. The highest BCUT2D eigenvalue weighted by Crippen LogP contribution is 2.14. The van der Waals surface area contributed by atoms with Crippen molar-refractivity contribution in [3.63, 3.8) is 0 Å². The molecule has 1 aromatic carbocycles. The van der Waals surface area contributed by atoms with Gasteiger partial charge in [0, 0.05) is 6.54 Å². The summed E-state index contributed by atoms with van der Waals surface area (Å²) < 4.78 is 0. The van der Waals surface area contributed by atoms with E-state index in [0.717, 1.165) is 0 Å². The highest BCUT2D eigenvalue weighted by atomic mass is 14.5. The first-order valence-electron chi connectivity index (χ1n) is 3.86. The van der Waals surface area contributed by atoms with Gasteiger partial charge < -0.3 is 5.73 Å². The molecule has 0 amide bonds. The highest BCUT2D eigenvalue weighted by Gasteiger charge is 1.98. The maximum atomic E-state index is 5.50. The van der Waals surface area contributed by atoms with E-state index in [4.69, 9.17) is 5.73 Å². The summed E-state index contributed by atoms with van der Waals surface area (Å²) in [7, 11) is 0. The first-order chi connectivity index (χ1) is 5.24. The molecule has 0 aliphatic heterocycles. The molecule has 0 aliphatic carbocycles. The number of hydrogen-bond donors (Lipinski definition) is 1. The molecule has 1 radical (unpaired) electrons. The molecule has 1 nitrogen and oxygen atoms in total. The molecule has 1 unspecified atom stereocenters. The van der Waals surface area contributed by atoms with Gasteiger partial charge in [-0.05, 0) is 24.0 Å². The summed E-state index contributed by atoms with van der Waals surface area (Å²) in [6.45, 7) is 6.63. The molecule has 59 valence electrons. The molecular weight excluding hydrogens is 134 g/mol. The van der Waals surface area contributed by atoms with Gasteiger partial charge in [-0.15, -0.1) is 0 Å². The molecule has 1 heteroatoms. The van der Waals surface area contributed by atoms with E-state index < -0.39 is 0 Å². The second-order valence-electron chi connectivity index (χ2n) is 2.85. The van der Waals surface area contributed by atoms with Crippen LogP contribution in [0.2, 0.25) is 0 Å². The maximum Gasteiger partial charge on any atom is 0.0178 e. The lowest BCUT2D eigenvalue weighted by atomic mass is 10.0. The summed E-state index contributed by atoms with van der Waals surface area (Å²) >= 11 is 0. The van der Waals surface area contributed by atoms with E-state index in [2.05, 4.69) is 26.0 Å². The fourth-order valence-corrected chi connectivity index (χ4v) is 1.03. The van der Waals surface area contributed by atoms with Crippen LogP contribution in [0, 0.1) is 6.92 Å². The zero-order valence-electron chi connectivity index (χ0n) is 6.88. The molecule has 0 aliphatic rings. The van der Waals surface area contributed by atoms with Crippen LogP contribution in [0.4, 0.5) is 0 Å². The zero-order chi connectivity index (χ0) is 8.27. The number of hydrogen-bond acceptors (Lipinski definition) is 1. The van der Waals surface area contributed by atoms with Crippen LogP contribution in [0.15, 0.2) is 24.3 Å². The van der Waals surface area contributed by atoms with Gasteiger partial charge in [0.2, 0.25) is 0 Å². The summed E-state index contributed by atoms with van der Waals surface area (Å²) in [5, 5.41) is 0. The fraction of sp³-hybridized carbons (Fsp3) is 0.300. The molecule has 0 saturated carbocycles. The van der Waals surface area contributed by atoms with Gasteiger partial charge in [-0.2, -0.15) is 0 Å². The number of benzene rings is 1. The summed E-state index contributed by atoms with van der Waals surface area (Å²) in [4.78, 5) is 0. The Bertz CT molecular complexity index is 228. The first kappa shape index (κ1) is 8.28. The Morgan fingerprint density at radius 3 is 2.82 bits per heavy atom. The predicted molar refractivity (Wildman–Crippen MR) is 48.1 cm³/mol. The lowest BCUT2D eigenvalue weighted by Crippen LogP contribution is -1.97. The Balaban J connectivity index is 2.91. The van der Waals surface area contributed by atoms with Gasteiger partial charge in [0.1, 0.15) is 0 Å². The van der Waals surface area contributed by atoms with Crippen LogP contribution >= 0.6 is 0 Å². The van der Waals surface area contributed by atoms with E-state index >= 15 is 0 Å². The SMILES string of the molecule is [CH2]C(C)c1cccc(CN)c1. The first-order valence-corrected chi connectivity index (χ1v) is 3.86. The molecule has 1 atom stereocenters. The average molecular weight is 148 g/mol. The van der Waals surface area contributed by atoms with Crippen LogP contribution in [-0.2, 0) is 6.54 Å². The third kappa shape index (κ3) is 2.05. The molecule has 1 aromatic rings. The highest BCUT2D eigenvalue weighted by molar-refractivity contribution is 5.26. The van der Waals surface area contributed by atoms with Gasteiger partial charge in [-0.25, -0.2) is 0 Å². The summed E-state index contributed by atoms with van der Waals surface area (Å²) in [6.07, 6.45) is 0. The summed E-state index contributed by atoms with van der Waals surface area (Å²) in [5.74, 6) is 0.349. The summed E-state index contributed by atoms with van der Waals surface area (Å²) in [5.41, 5.74) is 7.93. The molecule has 0 spiro atoms. The van der Waals surface area contributed by atoms with Gasteiger partial charge in [-0.1, -0.05) is 31.2 Å². The molecule has 1 rings (SSSR count). The van der Waals surface area contributed by atoms with E-state index in [-0.39, 0.29) is 0 Å². The van der Waals surface area contributed by atoms with E-state index in [1.165, 1.54) is 11.1 Å². The normalized spacial score (nSPS) is 10.5. The zero-order valence-corrected chi connectivity index (χ0v) is 6.88. The molecule has 0 bridgehead atoms. The molecular formula is C10H14N. The average Bonchev–Trinajstić information content (AvgIpc) is 2.05. The van der Waals surface area contributed by atoms with Crippen molar-refractivity contribution < 1.29 is 0 Å². The van der Waals surface area contributed by atoms with Crippen LogP contribution in [-0.4, -0.2) is 0 Å². The van der Waals surface area contributed by atoms with Gasteiger partial charge in [0.05, 0.1) is 0 Å². The van der Waals surface area contributed by atoms with Gasteiger partial charge in [-0.3, -0.25) is 0 Å². The van der Waals surface area contributed by atoms with Crippen LogP contribution in [0.3, 0.4) is 0 Å². The van der Waals surface area contributed by atoms with Crippen molar-refractivity contribution in [2.75, 3.05) is 0 Å². The number of rotatable bonds is 2. The predicted octanol–water partition coefficient (Wildman–Crippen LogP) is 2.08. The fourth-order valence-electron chi connectivity index (χ4n) is 1.03. The van der Waals surface area contributed by atoms with Gasteiger partial charge in [0.25, 0.3) is 0 Å². The molecule has 0 aromatic heterocycles. The Morgan fingerprint density at radius 1 is 1.55 bits per heavy atom. The second kappa shape index (κ2) is 3.54. The minimum atomic E-state index is 0.349. The Labute approximate surface area is 68.2 Å². The largest absolute Gasteiger partial charge is 0.326 e. The molecule has 2 N–H and O–H groups in total. The van der Waals surface area contributed by atoms with Crippen LogP contribution < -0.4 is 5.73 Å². The van der Waals surface area contributed by atoms with Crippen molar-refractivity contribution >= 4 is 0 Å². The summed E-state index contributed by atoms with van der Waals surface area (Å²) in [6, 6.07) is 8.25. The van der Waals surface area contributed by atoms with Crippen LogP contribution in [0.5, 0.6) is 0 Å². The van der Waals surface area contributed by atoms with Gasteiger partial charge in [0.15, 0.2) is 0 Å². The van der Waals surface area contributed by atoms with E-state index in [9.17, 15) is 0 Å². The standard InChI is InChI=1S/C10H14N/c1-8(2)10-5-3-4-9(6-10)7-11/h3-6,8H,1,7,11H2,2H3. The monoisotopic (exact) mass is 148 g/mol. The van der Waals surface area contributed by atoms with Crippen molar-refractivity contribution in [3.8, 4) is 0 Å². The van der Waals surface area contributed by atoms with Crippen molar-refractivity contribution in [2.45, 2.75) is 19.4 Å². The quantitative estimate of drug-likeness (QED) is 0.682. The van der Waals surface area contributed by atoms with Crippen molar-refractivity contribution in [1.82, 2.24) is 0 Å². The maximum absolute atomic E-state index is 5.50. The Morgan fingerprint density at radius 2 is 2.27 bits per heavy atom. The minimum Gasteiger partial charge on any atom is -0.326 e. The molecule has 0 saturated heterocycles. The van der Waals surface area contributed by atoms with E-state index in [1.54, 1.807) is 0 Å². The lowest BCUT2D eigenvalue weighted by Gasteiger charge is -2.05. The van der Waals surface area contributed by atoms with Crippen molar-refractivity contribution in [1.29, 1.82) is 0 Å². The number of nitrogens with two attached hydrogens (primary N) is 1.